The highest BCUT2D eigenvalue weighted by Crippen LogP contribution is 2.41. The smallest absolute Gasteiger partial charge is 0.159 e. The third-order valence-corrected chi connectivity index (χ3v) is 7.78. The van der Waals surface area contributed by atoms with Gasteiger partial charge in [-0.15, -0.1) is 0 Å². The Hall–Kier alpha value is -5.16. The SMILES string of the molecule is c1ccc(C2=NC(c3ccc(-n4c5ccccc5c5c6c(ccc54)CCO6)cc3)=NC(c3ccccc3)N2)cc1. The second-order valence-electron chi connectivity index (χ2n) is 10.2. The van der Waals surface area contributed by atoms with Crippen LogP contribution < -0.4 is 10.1 Å². The molecule has 0 amide bonds. The van der Waals surface area contributed by atoms with Crippen LogP contribution in [0.15, 0.2) is 131 Å². The van der Waals surface area contributed by atoms with Gasteiger partial charge in [-0.05, 0) is 47.5 Å². The van der Waals surface area contributed by atoms with E-state index in [0.717, 1.165) is 52.5 Å². The second-order valence-corrected chi connectivity index (χ2v) is 10.2. The summed E-state index contributed by atoms with van der Waals surface area (Å²) in [4.78, 5) is 9.99. The van der Waals surface area contributed by atoms with Gasteiger partial charge < -0.3 is 14.6 Å². The molecule has 0 aliphatic carbocycles. The van der Waals surface area contributed by atoms with E-state index in [-0.39, 0.29) is 6.17 Å². The maximum atomic E-state index is 6.11. The maximum Gasteiger partial charge on any atom is 0.159 e. The van der Waals surface area contributed by atoms with Crippen LogP contribution in [0, 0.1) is 0 Å². The predicted molar refractivity (Wildman–Crippen MR) is 162 cm³/mol. The lowest BCUT2D eigenvalue weighted by molar-refractivity contribution is 0.360. The van der Waals surface area contributed by atoms with Crippen molar-refractivity contribution in [2.24, 2.45) is 9.98 Å². The number of nitrogens with one attached hydrogen (secondary N) is 1. The Bertz CT molecular complexity index is 1940. The van der Waals surface area contributed by atoms with Gasteiger partial charge in [-0.3, -0.25) is 0 Å². The molecule has 0 fully saturated rings. The van der Waals surface area contributed by atoms with Crippen molar-refractivity contribution in [1.29, 1.82) is 0 Å². The number of hydrogen-bond acceptors (Lipinski definition) is 4. The van der Waals surface area contributed by atoms with Crippen molar-refractivity contribution < 1.29 is 4.74 Å². The highest BCUT2D eigenvalue weighted by atomic mass is 16.5. The number of benzene rings is 5. The standard InChI is InChI=1S/C35H26N4O/c1-3-9-24(10-4-1)33-36-34(25-11-5-2-6-12-25)38-35(37-33)26-15-18-27(19-16-26)39-29-14-8-7-13-28(29)31-30(39)20-17-23-21-22-40-32(23)31/h1-20,33H,21-22H2,(H,36,37,38). The molecule has 5 nitrogen and oxygen atoms in total. The van der Waals surface area contributed by atoms with Crippen LogP contribution in [0.2, 0.25) is 0 Å². The van der Waals surface area contributed by atoms with Crippen LogP contribution in [-0.2, 0) is 6.42 Å². The summed E-state index contributed by atoms with van der Waals surface area (Å²) in [6, 6.07) is 42.1. The summed E-state index contributed by atoms with van der Waals surface area (Å²) in [5, 5.41) is 5.94. The summed E-state index contributed by atoms with van der Waals surface area (Å²) in [5.41, 5.74) is 7.81. The number of aromatic nitrogens is 1. The third-order valence-electron chi connectivity index (χ3n) is 7.78. The van der Waals surface area contributed by atoms with Gasteiger partial charge in [0.25, 0.3) is 0 Å². The lowest BCUT2D eigenvalue weighted by Crippen LogP contribution is -2.33. The molecule has 5 heteroatoms. The Morgan fingerprint density at radius 2 is 1.45 bits per heavy atom. The van der Waals surface area contributed by atoms with E-state index in [2.05, 4.69) is 94.8 Å². The number of rotatable bonds is 4. The Balaban J connectivity index is 1.24. The van der Waals surface area contributed by atoms with E-state index in [1.54, 1.807) is 0 Å². The number of aliphatic imine (C=N–C) groups is 2. The average molecular weight is 519 g/mol. The van der Waals surface area contributed by atoms with Gasteiger partial charge in [-0.25, -0.2) is 9.98 Å². The zero-order valence-electron chi connectivity index (χ0n) is 21.8. The van der Waals surface area contributed by atoms with E-state index in [1.807, 2.05) is 36.4 Å². The molecule has 1 aromatic heterocycles. The van der Waals surface area contributed by atoms with Gasteiger partial charge in [0, 0.05) is 28.6 Å². The van der Waals surface area contributed by atoms with Gasteiger partial charge in [0.1, 0.15) is 17.8 Å². The lowest BCUT2D eigenvalue weighted by Gasteiger charge is -2.23. The van der Waals surface area contributed by atoms with E-state index in [0.29, 0.717) is 5.84 Å². The molecule has 8 rings (SSSR count). The first-order valence-corrected chi connectivity index (χ1v) is 13.7. The Morgan fingerprint density at radius 1 is 0.700 bits per heavy atom. The Kier molecular flexibility index (Phi) is 5.27. The molecular formula is C35H26N4O. The van der Waals surface area contributed by atoms with E-state index in [1.165, 1.54) is 21.9 Å². The number of hydrogen-bond donors (Lipinski definition) is 1. The van der Waals surface area contributed by atoms with E-state index in [4.69, 9.17) is 14.7 Å². The largest absolute Gasteiger partial charge is 0.492 e. The molecule has 1 unspecified atom stereocenters. The fourth-order valence-corrected chi connectivity index (χ4v) is 5.86. The van der Waals surface area contributed by atoms with Crippen molar-refractivity contribution in [1.82, 2.24) is 9.88 Å². The van der Waals surface area contributed by atoms with Gasteiger partial charge in [-0.2, -0.15) is 0 Å². The molecule has 0 radical (unpaired) electrons. The second kappa shape index (κ2) is 9.24. The molecular weight excluding hydrogens is 492 g/mol. The minimum absolute atomic E-state index is 0.219. The summed E-state index contributed by atoms with van der Waals surface area (Å²) < 4.78 is 8.44. The van der Waals surface area contributed by atoms with Gasteiger partial charge >= 0.3 is 0 Å². The summed E-state index contributed by atoms with van der Waals surface area (Å²) in [6.07, 6.45) is 0.745. The van der Waals surface area contributed by atoms with Crippen molar-refractivity contribution in [3.63, 3.8) is 0 Å². The molecule has 2 aliphatic rings. The molecule has 0 spiro atoms. The van der Waals surface area contributed by atoms with Gasteiger partial charge in [-0.1, -0.05) is 84.9 Å². The summed E-state index contributed by atoms with van der Waals surface area (Å²) in [5.74, 6) is 2.56. The number of nitrogens with zero attached hydrogens (tertiary/aromatic N) is 3. The molecule has 5 aromatic carbocycles. The molecule has 40 heavy (non-hydrogen) atoms. The minimum Gasteiger partial charge on any atom is -0.492 e. The van der Waals surface area contributed by atoms with E-state index >= 15 is 0 Å². The first-order valence-electron chi connectivity index (χ1n) is 13.7. The molecule has 0 saturated heterocycles. The fourth-order valence-electron chi connectivity index (χ4n) is 5.86. The van der Waals surface area contributed by atoms with Crippen molar-refractivity contribution >= 4 is 33.5 Å². The average Bonchev–Trinajstić information content (AvgIpc) is 3.64. The minimum atomic E-state index is -0.219. The van der Waals surface area contributed by atoms with Crippen LogP contribution in [0.3, 0.4) is 0 Å². The van der Waals surface area contributed by atoms with Crippen LogP contribution >= 0.6 is 0 Å². The topological polar surface area (TPSA) is 50.9 Å². The Labute approximate surface area is 232 Å². The maximum absolute atomic E-state index is 6.11. The van der Waals surface area contributed by atoms with E-state index in [9.17, 15) is 0 Å². The quantitative estimate of drug-likeness (QED) is 0.268. The number of ether oxygens (including phenoxy) is 1. The molecule has 3 heterocycles. The normalized spacial score (nSPS) is 16.2. The van der Waals surface area contributed by atoms with Crippen LogP contribution in [-0.4, -0.2) is 22.8 Å². The summed E-state index contributed by atoms with van der Waals surface area (Å²) >= 11 is 0. The fraction of sp³-hybridized carbons (Fsp3) is 0.0857. The van der Waals surface area contributed by atoms with E-state index < -0.39 is 0 Å². The lowest BCUT2D eigenvalue weighted by atomic mass is 10.1. The van der Waals surface area contributed by atoms with Gasteiger partial charge in [0.05, 0.1) is 23.0 Å². The van der Waals surface area contributed by atoms with Gasteiger partial charge in [0.15, 0.2) is 5.84 Å². The van der Waals surface area contributed by atoms with Crippen molar-refractivity contribution in [3.05, 3.63) is 144 Å². The number of para-hydroxylation sites is 1. The van der Waals surface area contributed by atoms with Crippen molar-refractivity contribution in [2.75, 3.05) is 6.61 Å². The van der Waals surface area contributed by atoms with Crippen LogP contribution in [0.5, 0.6) is 5.75 Å². The molecule has 2 aliphatic heterocycles. The highest BCUT2D eigenvalue weighted by Gasteiger charge is 2.23. The molecule has 6 aromatic rings. The zero-order valence-corrected chi connectivity index (χ0v) is 21.8. The number of fused-ring (bicyclic) bond motifs is 5. The third kappa shape index (κ3) is 3.70. The number of amidine groups is 2. The zero-order chi connectivity index (χ0) is 26.5. The summed E-state index contributed by atoms with van der Waals surface area (Å²) in [7, 11) is 0. The van der Waals surface area contributed by atoms with Crippen LogP contribution in [0.25, 0.3) is 27.5 Å². The first kappa shape index (κ1) is 22.8. The van der Waals surface area contributed by atoms with Crippen LogP contribution in [0.4, 0.5) is 0 Å². The van der Waals surface area contributed by atoms with Gasteiger partial charge in [0.2, 0.25) is 0 Å². The molecule has 1 atom stereocenters. The molecule has 0 bridgehead atoms. The predicted octanol–water partition coefficient (Wildman–Crippen LogP) is 7.21. The molecule has 192 valence electrons. The highest BCUT2D eigenvalue weighted by molar-refractivity contribution is 6.14. The molecule has 1 N–H and O–H groups in total. The van der Waals surface area contributed by atoms with Crippen LogP contribution in [0.1, 0.15) is 28.4 Å². The monoisotopic (exact) mass is 518 g/mol. The molecule has 0 saturated carbocycles. The summed E-state index contributed by atoms with van der Waals surface area (Å²) in [6.45, 7) is 0.745. The Morgan fingerprint density at radius 3 is 2.27 bits per heavy atom. The van der Waals surface area contributed by atoms with Crippen molar-refractivity contribution in [3.8, 4) is 11.4 Å². The van der Waals surface area contributed by atoms with Crippen molar-refractivity contribution in [2.45, 2.75) is 12.6 Å². The first-order chi connectivity index (χ1) is 19.8.